The fourth-order valence-electron chi connectivity index (χ4n) is 1.72. The van der Waals surface area contributed by atoms with Gasteiger partial charge in [0.2, 0.25) is 5.91 Å². The predicted molar refractivity (Wildman–Crippen MR) is 82.6 cm³/mol. The highest BCUT2D eigenvalue weighted by Crippen LogP contribution is 2.29. The van der Waals surface area contributed by atoms with Crippen LogP contribution in [0, 0.1) is 0 Å². The molecule has 0 saturated carbocycles. The summed E-state index contributed by atoms with van der Waals surface area (Å²) in [5, 5.41) is 10.3. The number of rotatable bonds is 6. The van der Waals surface area contributed by atoms with Crippen LogP contribution in [0.3, 0.4) is 0 Å². The topological polar surface area (TPSA) is 41.1 Å². The molecule has 2 N–H and O–H groups in total. The maximum Gasteiger partial charge on any atom is 0.234 e. The van der Waals surface area contributed by atoms with E-state index < -0.39 is 0 Å². The van der Waals surface area contributed by atoms with Gasteiger partial charge >= 0.3 is 0 Å². The van der Waals surface area contributed by atoms with Gasteiger partial charge in [-0.15, -0.1) is 22.7 Å². The highest BCUT2D eigenvalue weighted by molar-refractivity contribution is 7.14. The second-order valence-electron chi connectivity index (χ2n) is 4.60. The van der Waals surface area contributed by atoms with Crippen molar-refractivity contribution < 1.29 is 4.79 Å². The quantitative estimate of drug-likeness (QED) is 0.859. The van der Waals surface area contributed by atoms with E-state index >= 15 is 0 Å². The minimum absolute atomic E-state index is 0.0463. The van der Waals surface area contributed by atoms with Gasteiger partial charge in [0.1, 0.15) is 0 Å². The highest BCUT2D eigenvalue weighted by atomic mass is 32.1. The molecule has 0 unspecified atom stereocenters. The van der Waals surface area contributed by atoms with E-state index in [0.717, 1.165) is 6.54 Å². The number of hydrogen-bond acceptors (Lipinski definition) is 4. The zero-order valence-corrected chi connectivity index (χ0v) is 12.7. The summed E-state index contributed by atoms with van der Waals surface area (Å²) in [7, 11) is 0. The molecule has 2 aromatic heterocycles. The Morgan fingerprint density at radius 1 is 1.37 bits per heavy atom. The molecule has 0 bridgehead atoms. The number of hydrogen-bond donors (Lipinski definition) is 2. The number of carbonyl (C=O) groups is 1. The first-order valence-electron chi connectivity index (χ1n) is 6.26. The SMILES string of the molecule is CC(C)NC(=O)CNCc1cc(-c2cccs2)cs1. The Morgan fingerprint density at radius 2 is 2.21 bits per heavy atom. The lowest BCUT2D eigenvalue weighted by atomic mass is 10.2. The molecule has 19 heavy (non-hydrogen) atoms. The average Bonchev–Trinajstić information content (AvgIpc) is 2.97. The zero-order valence-electron chi connectivity index (χ0n) is 11.1. The third kappa shape index (κ3) is 4.45. The molecule has 102 valence electrons. The van der Waals surface area contributed by atoms with E-state index in [1.165, 1.54) is 15.3 Å². The van der Waals surface area contributed by atoms with Crippen LogP contribution < -0.4 is 10.6 Å². The third-order valence-electron chi connectivity index (χ3n) is 2.49. The van der Waals surface area contributed by atoms with Crippen molar-refractivity contribution in [2.45, 2.75) is 26.4 Å². The molecule has 0 aliphatic heterocycles. The monoisotopic (exact) mass is 294 g/mol. The zero-order chi connectivity index (χ0) is 13.7. The molecule has 0 spiro atoms. The molecule has 2 aromatic rings. The Kier molecular flexibility index (Phi) is 5.13. The number of nitrogens with one attached hydrogen (secondary N) is 2. The number of thiophene rings is 2. The molecule has 0 radical (unpaired) electrons. The van der Waals surface area contributed by atoms with Crippen LogP contribution >= 0.6 is 22.7 Å². The van der Waals surface area contributed by atoms with Crippen LogP contribution in [0.25, 0.3) is 10.4 Å². The van der Waals surface area contributed by atoms with Crippen molar-refractivity contribution in [3.63, 3.8) is 0 Å². The first-order chi connectivity index (χ1) is 9.15. The van der Waals surface area contributed by atoms with Gasteiger partial charge in [-0.1, -0.05) is 6.07 Å². The van der Waals surface area contributed by atoms with Crippen molar-refractivity contribution in [1.82, 2.24) is 10.6 Å². The molecule has 3 nitrogen and oxygen atoms in total. The van der Waals surface area contributed by atoms with E-state index in [4.69, 9.17) is 0 Å². The van der Waals surface area contributed by atoms with Crippen LogP contribution in [0.4, 0.5) is 0 Å². The van der Waals surface area contributed by atoms with Crippen molar-refractivity contribution in [3.05, 3.63) is 33.8 Å². The standard InChI is InChI=1S/C14H18N2OS2/c1-10(2)16-14(17)8-15-7-12-6-11(9-19-12)13-4-3-5-18-13/h3-6,9-10,15H,7-8H2,1-2H3,(H,16,17). The maximum atomic E-state index is 11.5. The van der Waals surface area contributed by atoms with Gasteiger partial charge in [0.25, 0.3) is 0 Å². The molecular weight excluding hydrogens is 276 g/mol. The summed E-state index contributed by atoms with van der Waals surface area (Å²) in [6.07, 6.45) is 0. The van der Waals surface area contributed by atoms with E-state index in [1.807, 2.05) is 13.8 Å². The average molecular weight is 294 g/mol. The smallest absolute Gasteiger partial charge is 0.234 e. The largest absolute Gasteiger partial charge is 0.353 e. The fourth-order valence-corrected chi connectivity index (χ4v) is 3.36. The lowest BCUT2D eigenvalue weighted by Gasteiger charge is -2.08. The Labute approximate surface area is 121 Å². The van der Waals surface area contributed by atoms with Crippen molar-refractivity contribution in [2.75, 3.05) is 6.54 Å². The molecule has 0 aliphatic rings. The fraction of sp³-hybridized carbons (Fsp3) is 0.357. The van der Waals surface area contributed by atoms with Crippen molar-refractivity contribution in [1.29, 1.82) is 0 Å². The first-order valence-corrected chi connectivity index (χ1v) is 8.02. The molecular formula is C14H18N2OS2. The van der Waals surface area contributed by atoms with Crippen LogP contribution in [0.2, 0.25) is 0 Å². The predicted octanol–water partition coefficient (Wildman–Crippen LogP) is 3.09. The van der Waals surface area contributed by atoms with Crippen LogP contribution in [0.5, 0.6) is 0 Å². The Bertz CT molecular complexity index is 517. The van der Waals surface area contributed by atoms with Crippen molar-refractivity contribution in [2.24, 2.45) is 0 Å². The maximum absolute atomic E-state index is 11.5. The Morgan fingerprint density at radius 3 is 2.89 bits per heavy atom. The highest BCUT2D eigenvalue weighted by Gasteiger charge is 2.05. The van der Waals surface area contributed by atoms with Crippen LogP contribution in [-0.2, 0) is 11.3 Å². The summed E-state index contributed by atoms with van der Waals surface area (Å²) in [6.45, 7) is 5.03. The molecule has 0 saturated heterocycles. The summed E-state index contributed by atoms with van der Waals surface area (Å²) in [4.78, 5) is 14.0. The normalized spacial score (nSPS) is 10.9. The van der Waals surface area contributed by atoms with Gasteiger partial charge in [-0.25, -0.2) is 0 Å². The van der Waals surface area contributed by atoms with Crippen LogP contribution in [0.15, 0.2) is 29.0 Å². The molecule has 2 heterocycles. The lowest BCUT2D eigenvalue weighted by Crippen LogP contribution is -2.37. The number of amides is 1. The van der Waals surface area contributed by atoms with Gasteiger partial charge in [-0.05, 0) is 36.7 Å². The summed E-state index contributed by atoms with van der Waals surface area (Å²) in [6, 6.07) is 6.57. The van der Waals surface area contributed by atoms with Gasteiger partial charge in [0.05, 0.1) is 6.54 Å². The first kappa shape index (κ1) is 14.2. The van der Waals surface area contributed by atoms with Crippen molar-refractivity contribution >= 4 is 28.6 Å². The van der Waals surface area contributed by atoms with Crippen molar-refractivity contribution in [3.8, 4) is 10.4 Å². The molecule has 0 fully saturated rings. The van der Waals surface area contributed by atoms with E-state index in [-0.39, 0.29) is 11.9 Å². The molecule has 5 heteroatoms. The van der Waals surface area contributed by atoms with Gasteiger partial charge in [-0.2, -0.15) is 0 Å². The van der Waals surface area contributed by atoms with Gasteiger partial charge in [0, 0.05) is 27.9 Å². The van der Waals surface area contributed by atoms with Gasteiger partial charge in [-0.3, -0.25) is 4.79 Å². The summed E-state index contributed by atoms with van der Waals surface area (Å²) < 4.78 is 0. The molecule has 0 aromatic carbocycles. The summed E-state index contributed by atoms with van der Waals surface area (Å²) >= 11 is 3.47. The minimum Gasteiger partial charge on any atom is -0.353 e. The summed E-state index contributed by atoms with van der Waals surface area (Å²) in [5.41, 5.74) is 1.27. The van der Waals surface area contributed by atoms with E-state index in [9.17, 15) is 4.79 Å². The molecule has 0 atom stereocenters. The number of carbonyl (C=O) groups excluding carboxylic acids is 1. The third-order valence-corrected chi connectivity index (χ3v) is 4.35. The van der Waals surface area contributed by atoms with E-state index in [0.29, 0.717) is 6.54 Å². The van der Waals surface area contributed by atoms with Crippen LogP contribution in [0.1, 0.15) is 18.7 Å². The Hall–Kier alpha value is -1.17. The van der Waals surface area contributed by atoms with Crippen LogP contribution in [-0.4, -0.2) is 18.5 Å². The Balaban J connectivity index is 1.79. The molecule has 2 rings (SSSR count). The van der Waals surface area contributed by atoms with Gasteiger partial charge < -0.3 is 10.6 Å². The molecule has 1 amide bonds. The van der Waals surface area contributed by atoms with Gasteiger partial charge in [0.15, 0.2) is 0 Å². The summed E-state index contributed by atoms with van der Waals surface area (Å²) in [5.74, 6) is 0.0463. The minimum atomic E-state index is 0.0463. The lowest BCUT2D eigenvalue weighted by molar-refractivity contribution is -0.120. The second kappa shape index (κ2) is 6.84. The van der Waals surface area contributed by atoms with E-state index in [1.54, 1.807) is 22.7 Å². The molecule has 0 aliphatic carbocycles. The second-order valence-corrected chi connectivity index (χ2v) is 6.55. The van der Waals surface area contributed by atoms with E-state index in [2.05, 4.69) is 39.6 Å².